The van der Waals surface area contributed by atoms with Crippen molar-refractivity contribution in [1.29, 1.82) is 0 Å². The van der Waals surface area contributed by atoms with Crippen molar-refractivity contribution in [3.05, 3.63) is 44.7 Å². The van der Waals surface area contributed by atoms with E-state index in [4.69, 9.17) is 4.74 Å². The molecule has 1 N–H and O–H groups in total. The molecule has 0 amide bonds. The van der Waals surface area contributed by atoms with Crippen LogP contribution in [0.1, 0.15) is 23.4 Å². The maximum Gasteiger partial charge on any atom is 0.212 e. The molecule has 0 aromatic carbocycles. The van der Waals surface area contributed by atoms with Crippen molar-refractivity contribution in [2.45, 2.75) is 19.5 Å². The Kier molecular flexibility index (Phi) is 4.74. The second-order valence-corrected chi connectivity index (χ2v) is 5.75. The van der Waals surface area contributed by atoms with Gasteiger partial charge >= 0.3 is 0 Å². The van der Waals surface area contributed by atoms with Crippen molar-refractivity contribution in [3.8, 4) is 5.88 Å². The van der Waals surface area contributed by atoms with Gasteiger partial charge in [-0.1, -0.05) is 6.07 Å². The van der Waals surface area contributed by atoms with E-state index in [1.165, 1.54) is 9.35 Å². The Balaban J connectivity index is 1.93. The third-order valence-corrected chi connectivity index (χ3v) is 4.71. The second-order valence-electron chi connectivity index (χ2n) is 3.94. The highest BCUT2D eigenvalue weighted by atomic mass is 79.9. The number of rotatable bonds is 5. The zero-order valence-electron chi connectivity index (χ0n) is 10.3. The lowest BCUT2D eigenvalue weighted by Gasteiger charge is -2.13. The third-order valence-electron chi connectivity index (χ3n) is 2.66. The minimum atomic E-state index is 0.321. The second kappa shape index (κ2) is 6.31. The van der Waals surface area contributed by atoms with E-state index < -0.39 is 0 Å². The summed E-state index contributed by atoms with van der Waals surface area (Å²) in [6, 6.07) is 6.30. The number of methoxy groups -OCH3 is 1. The molecule has 0 radical (unpaired) electrons. The Labute approximate surface area is 119 Å². The Hall–Kier alpha value is -0.910. The SMILES string of the molecule is COc1ccc(CNC(C)c2sccc2Br)cn1. The lowest BCUT2D eigenvalue weighted by molar-refractivity contribution is 0.397. The number of hydrogen-bond donors (Lipinski definition) is 1. The molecule has 2 rings (SSSR count). The van der Waals surface area contributed by atoms with Gasteiger partial charge in [0.1, 0.15) is 0 Å². The number of nitrogens with zero attached hydrogens (tertiary/aromatic N) is 1. The number of nitrogens with one attached hydrogen (secondary N) is 1. The molecule has 5 heteroatoms. The molecule has 0 aliphatic carbocycles. The first-order valence-electron chi connectivity index (χ1n) is 5.66. The average molecular weight is 327 g/mol. The summed E-state index contributed by atoms with van der Waals surface area (Å²) in [5.41, 5.74) is 1.15. The largest absolute Gasteiger partial charge is 0.481 e. The Morgan fingerprint density at radius 3 is 2.83 bits per heavy atom. The van der Waals surface area contributed by atoms with Gasteiger partial charge in [-0.25, -0.2) is 4.98 Å². The van der Waals surface area contributed by atoms with Gasteiger partial charge in [-0.05, 0) is 39.9 Å². The van der Waals surface area contributed by atoms with Gasteiger partial charge in [0.2, 0.25) is 5.88 Å². The number of pyridine rings is 1. The third kappa shape index (κ3) is 3.31. The Bertz CT molecular complexity index is 498. The molecule has 3 nitrogen and oxygen atoms in total. The van der Waals surface area contributed by atoms with Gasteiger partial charge in [-0.3, -0.25) is 0 Å². The molecular weight excluding hydrogens is 312 g/mol. The van der Waals surface area contributed by atoms with Gasteiger partial charge in [0.15, 0.2) is 0 Å². The first kappa shape index (κ1) is 13.5. The molecule has 96 valence electrons. The number of halogens is 1. The molecule has 2 heterocycles. The Morgan fingerprint density at radius 1 is 1.44 bits per heavy atom. The lowest BCUT2D eigenvalue weighted by Crippen LogP contribution is -2.17. The van der Waals surface area contributed by atoms with Crippen LogP contribution in [0.5, 0.6) is 5.88 Å². The molecule has 0 saturated heterocycles. The highest BCUT2D eigenvalue weighted by Crippen LogP contribution is 2.28. The van der Waals surface area contributed by atoms with Crippen molar-refractivity contribution >= 4 is 27.3 Å². The number of ether oxygens (including phenoxy) is 1. The highest BCUT2D eigenvalue weighted by molar-refractivity contribution is 9.10. The lowest BCUT2D eigenvalue weighted by atomic mass is 10.2. The summed E-state index contributed by atoms with van der Waals surface area (Å²) in [7, 11) is 1.62. The normalized spacial score (nSPS) is 12.4. The number of aromatic nitrogens is 1. The quantitative estimate of drug-likeness (QED) is 0.908. The van der Waals surface area contributed by atoms with Crippen molar-refractivity contribution in [2.24, 2.45) is 0 Å². The van der Waals surface area contributed by atoms with Crippen molar-refractivity contribution in [1.82, 2.24) is 10.3 Å². The summed E-state index contributed by atoms with van der Waals surface area (Å²) in [5.74, 6) is 0.646. The number of thiophene rings is 1. The molecule has 0 spiro atoms. The molecule has 2 aromatic heterocycles. The maximum absolute atomic E-state index is 5.03. The minimum Gasteiger partial charge on any atom is -0.481 e. The molecule has 0 fully saturated rings. The summed E-state index contributed by atoms with van der Waals surface area (Å²) in [6.07, 6.45) is 1.84. The fourth-order valence-electron chi connectivity index (χ4n) is 1.61. The van der Waals surface area contributed by atoms with Gasteiger partial charge in [-0.15, -0.1) is 11.3 Å². The van der Waals surface area contributed by atoms with Crippen LogP contribution >= 0.6 is 27.3 Å². The summed E-state index contributed by atoms with van der Waals surface area (Å²) in [6.45, 7) is 2.95. The van der Waals surface area contributed by atoms with E-state index in [9.17, 15) is 0 Å². The highest BCUT2D eigenvalue weighted by Gasteiger charge is 2.10. The van der Waals surface area contributed by atoms with Crippen LogP contribution in [0.3, 0.4) is 0 Å². The molecule has 1 unspecified atom stereocenters. The van der Waals surface area contributed by atoms with Gasteiger partial charge < -0.3 is 10.1 Å². The molecule has 2 aromatic rings. The predicted octanol–water partition coefficient (Wildman–Crippen LogP) is 3.77. The maximum atomic E-state index is 5.03. The fraction of sp³-hybridized carbons (Fsp3) is 0.308. The van der Waals surface area contributed by atoms with Gasteiger partial charge in [0.25, 0.3) is 0 Å². The predicted molar refractivity (Wildman–Crippen MR) is 78.1 cm³/mol. The molecule has 18 heavy (non-hydrogen) atoms. The summed E-state index contributed by atoms with van der Waals surface area (Å²) in [4.78, 5) is 5.50. The van der Waals surface area contributed by atoms with Crippen LogP contribution < -0.4 is 10.1 Å². The first-order valence-corrected chi connectivity index (χ1v) is 7.33. The first-order chi connectivity index (χ1) is 8.70. The molecule has 0 aliphatic rings. The van der Waals surface area contributed by atoms with Gasteiger partial charge in [-0.2, -0.15) is 0 Å². The van der Waals surface area contributed by atoms with E-state index in [0.29, 0.717) is 11.9 Å². The topological polar surface area (TPSA) is 34.1 Å². The molecule has 1 atom stereocenters. The smallest absolute Gasteiger partial charge is 0.212 e. The van der Waals surface area contributed by atoms with Crippen LogP contribution in [-0.2, 0) is 6.54 Å². The molecule has 0 aliphatic heterocycles. The Morgan fingerprint density at radius 2 is 2.28 bits per heavy atom. The zero-order chi connectivity index (χ0) is 13.0. The monoisotopic (exact) mass is 326 g/mol. The number of hydrogen-bond acceptors (Lipinski definition) is 4. The van der Waals surface area contributed by atoms with Crippen LogP contribution in [0.15, 0.2) is 34.2 Å². The standard InChI is InChI=1S/C13H15BrN2OS/c1-9(13-11(14)5-6-18-13)15-7-10-3-4-12(17-2)16-8-10/h3-6,8-9,15H,7H2,1-2H3. The van der Waals surface area contributed by atoms with Crippen LogP contribution in [0, 0.1) is 0 Å². The van der Waals surface area contributed by atoms with Crippen molar-refractivity contribution in [2.75, 3.05) is 7.11 Å². The van der Waals surface area contributed by atoms with E-state index in [2.05, 4.69) is 44.6 Å². The minimum absolute atomic E-state index is 0.321. The zero-order valence-corrected chi connectivity index (χ0v) is 12.7. The fourth-order valence-corrected chi connectivity index (χ4v) is 3.36. The summed E-state index contributed by atoms with van der Waals surface area (Å²) < 4.78 is 6.20. The van der Waals surface area contributed by atoms with Crippen LogP contribution in [0.25, 0.3) is 0 Å². The molecule has 0 saturated carbocycles. The van der Waals surface area contributed by atoms with E-state index in [1.807, 2.05) is 18.3 Å². The van der Waals surface area contributed by atoms with E-state index in [-0.39, 0.29) is 0 Å². The van der Waals surface area contributed by atoms with Crippen LogP contribution in [0.4, 0.5) is 0 Å². The van der Waals surface area contributed by atoms with Gasteiger partial charge in [0, 0.05) is 34.2 Å². The van der Waals surface area contributed by atoms with Crippen LogP contribution in [0.2, 0.25) is 0 Å². The van der Waals surface area contributed by atoms with E-state index in [1.54, 1.807) is 18.4 Å². The van der Waals surface area contributed by atoms with E-state index >= 15 is 0 Å². The van der Waals surface area contributed by atoms with Crippen molar-refractivity contribution < 1.29 is 4.74 Å². The van der Waals surface area contributed by atoms with Crippen LogP contribution in [-0.4, -0.2) is 12.1 Å². The van der Waals surface area contributed by atoms with E-state index in [0.717, 1.165) is 12.1 Å². The molecule has 0 bridgehead atoms. The summed E-state index contributed by atoms with van der Waals surface area (Å²) >= 11 is 5.31. The van der Waals surface area contributed by atoms with Crippen molar-refractivity contribution in [3.63, 3.8) is 0 Å². The summed E-state index contributed by atoms with van der Waals surface area (Å²) in [5, 5.41) is 5.57. The van der Waals surface area contributed by atoms with Gasteiger partial charge in [0.05, 0.1) is 7.11 Å². The molecular formula is C13H15BrN2OS. The average Bonchev–Trinajstić information content (AvgIpc) is 2.83.